The SMILES string of the molecule is OC(O)C(O)O.[NH-]C1CCCCC1[NH-].[Pt+2]. The number of aliphatic hydroxyl groups excluding tert-OH is 2. The van der Waals surface area contributed by atoms with Crippen LogP contribution < -0.4 is 0 Å². The minimum Gasteiger partial charge on any atom is -0.676 e. The van der Waals surface area contributed by atoms with Gasteiger partial charge in [-0.1, -0.05) is 25.7 Å². The van der Waals surface area contributed by atoms with Gasteiger partial charge in [0, 0.05) is 0 Å². The van der Waals surface area contributed by atoms with Gasteiger partial charge < -0.3 is 31.9 Å². The maximum Gasteiger partial charge on any atom is 2.00 e. The van der Waals surface area contributed by atoms with Crippen molar-refractivity contribution in [1.82, 2.24) is 0 Å². The molecule has 7 heteroatoms. The van der Waals surface area contributed by atoms with Gasteiger partial charge in [-0.25, -0.2) is 0 Å². The van der Waals surface area contributed by atoms with Crippen LogP contribution in [0.3, 0.4) is 0 Å². The van der Waals surface area contributed by atoms with E-state index in [1.165, 1.54) is 12.8 Å². The van der Waals surface area contributed by atoms with Crippen LogP contribution in [0.25, 0.3) is 11.5 Å². The first-order valence-corrected chi connectivity index (χ1v) is 4.59. The molecule has 0 saturated heterocycles. The monoisotopic (exact) mass is 401 g/mol. The first-order chi connectivity index (χ1) is 6.45. The van der Waals surface area contributed by atoms with Crippen molar-refractivity contribution in [3.8, 4) is 0 Å². The molecule has 0 aromatic heterocycles. The average molecular weight is 401 g/mol. The molecular weight excluding hydrogens is 383 g/mol. The minimum absolute atomic E-state index is 0. The van der Waals surface area contributed by atoms with E-state index in [-0.39, 0.29) is 33.1 Å². The Morgan fingerprint density at radius 3 is 1.20 bits per heavy atom. The van der Waals surface area contributed by atoms with Crippen molar-refractivity contribution in [1.29, 1.82) is 0 Å². The fourth-order valence-electron chi connectivity index (χ4n) is 1.13. The molecule has 0 heterocycles. The molecule has 2 atom stereocenters. The summed E-state index contributed by atoms with van der Waals surface area (Å²) >= 11 is 0. The van der Waals surface area contributed by atoms with Crippen LogP contribution in [-0.2, 0) is 21.1 Å². The van der Waals surface area contributed by atoms with Crippen molar-refractivity contribution in [2.75, 3.05) is 0 Å². The Balaban J connectivity index is 0. The van der Waals surface area contributed by atoms with Crippen molar-refractivity contribution in [2.45, 2.75) is 50.3 Å². The van der Waals surface area contributed by atoms with Crippen molar-refractivity contribution in [3.05, 3.63) is 11.5 Å². The van der Waals surface area contributed by atoms with E-state index >= 15 is 0 Å². The fraction of sp³-hybridized carbons (Fsp3) is 1.00. The molecule has 0 radical (unpaired) electrons. The van der Waals surface area contributed by atoms with E-state index in [4.69, 9.17) is 31.9 Å². The number of nitrogens with one attached hydrogen (secondary N) is 2. The summed E-state index contributed by atoms with van der Waals surface area (Å²) in [6, 6.07) is -0.160. The van der Waals surface area contributed by atoms with Gasteiger partial charge >= 0.3 is 21.1 Å². The van der Waals surface area contributed by atoms with Crippen molar-refractivity contribution in [2.24, 2.45) is 0 Å². The Bertz CT molecular complexity index is 133. The molecule has 0 aromatic carbocycles. The van der Waals surface area contributed by atoms with E-state index < -0.39 is 12.6 Å². The molecule has 0 spiro atoms. The predicted octanol–water partition coefficient (Wildman–Crippen LogP) is 0.00730. The summed E-state index contributed by atoms with van der Waals surface area (Å²) in [7, 11) is 0. The van der Waals surface area contributed by atoms with E-state index in [1.807, 2.05) is 0 Å². The Morgan fingerprint density at radius 1 is 0.800 bits per heavy atom. The molecule has 1 fully saturated rings. The summed E-state index contributed by atoms with van der Waals surface area (Å²) in [5.41, 5.74) is 14.6. The van der Waals surface area contributed by atoms with Crippen molar-refractivity contribution in [3.63, 3.8) is 0 Å². The molecule has 6 nitrogen and oxygen atoms in total. The van der Waals surface area contributed by atoms with Crippen LogP contribution in [0.5, 0.6) is 0 Å². The third-order valence-electron chi connectivity index (χ3n) is 2.03. The number of aliphatic hydroxyl groups is 4. The van der Waals surface area contributed by atoms with E-state index in [0.717, 1.165) is 12.8 Å². The molecule has 1 aliphatic rings. The third-order valence-corrected chi connectivity index (χ3v) is 2.03. The van der Waals surface area contributed by atoms with Gasteiger partial charge in [-0.15, -0.1) is 0 Å². The predicted molar refractivity (Wildman–Crippen MR) is 51.1 cm³/mol. The second-order valence-electron chi connectivity index (χ2n) is 3.32. The van der Waals surface area contributed by atoms with Gasteiger partial charge in [0.25, 0.3) is 0 Å². The molecule has 1 saturated carbocycles. The zero-order valence-corrected chi connectivity index (χ0v) is 10.5. The van der Waals surface area contributed by atoms with Crippen LogP contribution in [-0.4, -0.2) is 45.1 Å². The van der Waals surface area contributed by atoms with Crippen LogP contribution in [0, 0.1) is 0 Å². The summed E-state index contributed by atoms with van der Waals surface area (Å²) in [6.07, 6.45) is 0.171. The summed E-state index contributed by atoms with van der Waals surface area (Å²) in [4.78, 5) is 0. The minimum atomic E-state index is -2.04. The van der Waals surface area contributed by atoms with Gasteiger partial charge in [-0.2, -0.15) is 12.1 Å². The molecule has 0 bridgehead atoms. The molecule has 1 aliphatic carbocycles. The molecular formula is C8H18N2O4Pt. The summed E-state index contributed by atoms with van der Waals surface area (Å²) in [5, 5.41) is 30.7. The van der Waals surface area contributed by atoms with Gasteiger partial charge in [0.05, 0.1) is 0 Å². The normalized spacial score (nSPS) is 25.6. The molecule has 94 valence electrons. The van der Waals surface area contributed by atoms with Gasteiger partial charge in [-0.05, 0) is 0 Å². The zero-order chi connectivity index (χ0) is 11.1. The zero-order valence-electron chi connectivity index (χ0n) is 8.24. The van der Waals surface area contributed by atoms with E-state index in [9.17, 15) is 0 Å². The largest absolute Gasteiger partial charge is 2.00 e. The Hall–Kier alpha value is 0.448. The van der Waals surface area contributed by atoms with Gasteiger partial charge in [-0.3, -0.25) is 0 Å². The summed E-state index contributed by atoms with van der Waals surface area (Å²) < 4.78 is 0. The Labute approximate surface area is 104 Å². The van der Waals surface area contributed by atoms with Crippen LogP contribution in [0.4, 0.5) is 0 Å². The molecule has 2 unspecified atom stereocenters. The van der Waals surface area contributed by atoms with Gasteiger partial charge in [0.1, 0.15) is 0 Å². The van der Waals surface area contributed by atoms with Crippen molar-refractivity contribution < 1.29 is 41.5 Å². The standard InChI is InChI=1S/C6H12N2.C2H6O4.Pt/c7-5-3-1-2-4-6(5)8;3-1(4)2(5)6;/h5-8H,1-4H2;1-6H;/q-2;;+2. The molecule has 0 amide bonds. The Morgan fingerprint density at radius 2 is 1.07 bits per heavy atom. The smallest absolute Gasteiger partial charge is 0.676 e. The maximum atomic E-state index is 7.69. The number of rotatable bonds is 1. The van der Waals surface area contributed by atoms with Gasteiger partial charge in [0.2, 0.25) is 12.6 Å². The van der Waals surface area contributed by atoms with E-state index in [2.05, 4.69) is 0 Å². The van der Waals surface area contributed by atoms with Crippen LogP contribution in [0.1, 0.15) is 25.7 Å². The quantitative estimate of drug-likeness (QED) is 0.461. The number of hydrogen-bond acceptors (Lipinski definition) is 4. The van der Waals surface area contributed by atoms with Crippen LogP contribution in [0.15, 0.2) is 0 Å². The van der Waals surface area contributed by atoms with Crippen molar-refractivity contribution >= 4 is 0 Å². The first kappa shape index (κ1) is 17.8. The van der Waals surface area contributed by atoms with E-state index in [1.54, 1.807) is 0 Å². The summed E-state index contributed by atoms with van der Waals surface area (Å²) in [6.45, 7) is 0. The van der Waals surface area contributed by atoms with Crippen LogP contribution in [0.2, 0.25) is 0 Å². The molecule has 0 aromatic rings. The maximum absolute atomic E-state index is 7.69. The Kier molecular flexibility index (Phi) is 11.5. The first-order valence-electron chi connectivity index (χ1n) is 4.59. The average Bonchev–Trinajstić information content (AvgIpc) is 2.11. The van der Waals surface area contributed by atoms with E-state index in [0.29, 0.717) is 0 Å². The van der Waals surface area contributed by atoms with Crippen LogP contribution >= 0.6 is 0 Å². The summed E-state index contributed by atoms with van der Waals surface area (Å²) in [5.74, 6) is 0. The topological polar surface area (TPSA) is 129 Å². The third kappa shape index (κ3) is 9.38. The molecule has 1 rings (SSSR count). The molecule has 6 N–H and O–H groups in total. The van der Waals surface area contributed by atoms with Gasteiger partial charge in [0.15, 0.2) is 0 Å². The number of hydrogen-bond donors (Lipinski definition) is 4. The molecule has 0 aliphatic heterocycles. The second-order valence-corrected chi connectivity index (χ2v) is 3.32. The molecule has 15 heavy (non-hydrogen) atoms. The fourth-order valence-corrected chi connectivity index (χ4v) is 1.13. The second kappa shape index (κ2) is 9.66.